The van der Waals surface area contributed by atoms with Crippen molar-refractivity contribution in [2.75, 3.05) is 18.5 Å². The maximum atomic E-state index is 12.1. The van der Waals surface area contributed by atoms with Gasteiger partial charge >= 0.3 is 6.36 Å². The van der Waals surface area contributed by atoms with Crippen molar-refractivity contribution in [3.63, 3.8) is 0 Å². The first-order chi connectivity index (χ1) is 11.9. The monoisotopic (exact) mass is 353 g/mol. The van der Waals surface area contributed by atoms with Crippen molar-refractivity contribution < 1.29 is 32.2 Å². The topological polar surface area (TPSA) is 56.8 Å². The lowest BCUT2D eigenvalue weighted by atomic mass is 10.1. The first-order valence-electron chi connectivity index (χ1n) is 7.43. The Kier molecular flexibility index (Phi) is 4.69. The number of carbonyl (C=O) groups is 1. The lowest BCUT2D eigenvalue weighted by Crippen LogP contribution is -2.18. The molecule has 25 heavy (non-hydrogen) atoms. The number of ether oxygens (including phenoxy) is 3. The SMILES string of the molecule is O=C(Cc1ccc(OC(F)(F)F)cc1)Nc1ccc2c(c1)OCCO2. The number of rotatable bonds is 4. The van der Waals surface area contributed by atoms with Gasteiger partial charge in [0.25, 0.3) is 0 Å². The van der Waals surface area contributed by atoms with E-state index >= 15 is 0 Å². The summed E-state index contributed by atoms with van der Waals surface area (Å²) in [6.45, 7) is 0.920. The van der Waals surface area contributed by atoms with Crippen LogP contribution in [0.15, 0.2) is 42.5 Å². The van der Waals surface area contributed by atoms with Crippen molar-refractivity contribution in [2.24, 2.45) is 0 Å². The van der Waals surface area contributed by atoms with Gasteiger partial charge in [0.15, 0.2) is 11.5 Å². The van der Waals surface area contributed by atoms with E-state index in [1.54, 1.807) is 18.2 Å². The third kappa shape index (κ3) is 4.79. The Hall–Kier alpha value is -2.90. The molecule has 2 aromatic rings. The molecule has 1 aliphatic rings. The van der Waals surface area contributed by atoms with E-state index < -0.39 is 6.36 Å². The highest BCUT2D eigenvalue weighted by molar-refractivity contribution is 5.92. The molecule has 0 saturated carbocycles. The fraction of sp³-hybridized carbons (Fsp3) is 0.235. The van der Waals surface area contributed by atoms with Crippen LogP contribution in [0, 0.1) is 0 Å². The fourth-order valence-corrected chi connectivity index (χ4v) is 2.32. The van der Waals surface area contributed by atoms with Crippen LogP contribution in [0.5, 0.6) is 17.2 Å². The normalized spacial score (nSPS) is 13.2. The van der Waals surface area contributed by atoms with Crippen LogP contribution in [-0.4, -0.2) is 25.5 Å². The van der Waals surface area contributed by atoms with Crippen LogP contribution < -0.4 is 19.5 Å². The van der Waals surface area contributed by atoms with E-state index in [-0.39, 0.29) is 18.1 Å². The molecule has 0 radical (unpaired) electrons. The molecule has 3 rings (SSSR count). The minimum absolute atomic E-state index is 0.0146. The number of nitrogens with one attached hydrogen (secondary N) is 1. The molecule has 0 aromatic heterocycles. The molecule has 5 nitrogen and oxygen atoms in total. The number of anilines is 1. The molecule has 0 atom stereocenters. The van der Waals surface area contributed by atoms with Crippen LogP contribution >= 0.6 is 0 Å². The lowest BCUT2D eigenvalue weighted by molar-refractivity contribution is -0.274. The van der Waals surface area contributed by atoms with E-state index in [1.165, 1.54) is 24.3 Å². The van der Waals surface area contributed by atoms with Crippen molar-refractivity contribution in [1.82, 2.24) is 0 Å². The molecule has 132 valence electrons. The van der Waals surface area contributed by atoms with Crippen molar-refractivity contribution in [3.05, 3.63) is 48.0 Å². The summed E-state index contributed by atoms with van der Waals surface area (Å²) in [5.74, 6) is 0.534. The van der Waals surface area contributed by atoms with Crippen molar-refractivity contribution >= 4 is 11.6 Å². The predicted molar refractivity (Wildman–Crippen MR) is 82.9 cm³/mol. The Morgan fingerprint density at radius 3 is 2.40 bits per heavy atom. The molecule has 2 aromatic carbocycles. The van der Waals surface area contributed by atoms with Gasteiger partial charge in [-0.05, 0) is 29.8 Å². The van der Waals surface area contributed by atoms with Gasteiger partial charge < -0.3 is 19.5 Å². The Morgan fingerprint density at radius 1 is 1.04 bits per heavy atom. The molecule has 0 bridgehead atoms. The summed E-state index contributed by atoms with van der Waals surface area (Å²) in [5.41, 5.74) is 1.11. The zero-order valence-electron chi connectivity index (χ0n) is 12.9. The Balaban J connectivity index is 1.59. The number of alkyl halides is 3. The van der Waals surface area contributed by atoms with Gasteiger partial charge in [0, 0.05) is 11.8 Å². The Bertz CT molecular complexity index is 759. The zero-order valence-corrected chi connectivity index (χ0v) is 12.9. The third-order valence-electron chi connectivity index (χ3n) is 3.35. The highest BCUT2D eigenvalue weighted by Crippen LogP contribution is 2.32. The number of fused-ring (bicyclic) bond motifs is 1. The number of hydrogen-bond acceptors (Lipinski definition) is 4. The summed E-state index contributed by atoms with van der Waals surface area (Å²) in [7, 11) is 0. The number of benzene rings is 2. The van der Waals surface area contributed by atoms with Crippen molar-refractivity contribution in [2.45, 2.75) is 12.8 Å². The smallest absolute Gasteiger partial charge is 0.486 e. The number of amides is 1. The van der Waals surface area contributed by atoms with Crippen molar-refractivity contribution in [1.29, 1.82) is 0 Å². The number of carbonyl (C=O) groups excluding carboxylic acids is 1. The third-order valence-corrected chi connectivity index (χ3v) is 3.35. The van der Waals surface area contributed by atoms with Crippen LogP contribution in [-0.2, 0) is 11.2 Å². The standard InChI is InChI=1S/C17H14F3NO4/c18-17(19,20)25-13-4-1-11(2-5-13)9-16(22)21-12-3-6-14-15(10-12)24-8-7-23-14/h1-6,10H,7-9H2,(H,21,22). The molecule has 1 aliphatic heterocycles. The van der Waals surface area contributed by atoms with Gasteiger partial charge in [0.1, 0.15) is 19.0 Å². The summed E-state index contributed by atoms with van der Waals surface area (Å²) in [4.78, 5) is 12.1. The molecule has 0 saturated heterocycles. The summed E-state index contributed by atoms with van der Waals surface area (Å²) in [5, 5.41) is 2.71. The van der Waals surface area contributed by atoms with E-state index in [0.29, 0.717) is 36.0 Å². The summed E-state index contributed by atoms with van der Waals surface area (Å²) < 4.78 is 50.9. The van der Waals surface area contributed by atoms with E-state index in [1.807, 2.05) is 0 Å². The second-order valence-electron chi connectivity index (χ2n) is 5.28. The average molecular weight is 353 g/mol. The Labute approximate surface area is 141 Å². The first-order valence-corrected chi connectivity index (χ1v) is 7.43. The van der Waals surface area contributed by atoms with E-state index in [9.17, 15) is 18.0 Å². The summed E-state index contributed by atoms with van der Waals surface area (Å²) in [6, 6.07) is 10.2. The zero-order chi connectivity index (χ0) is 17.9. The second kappa shape index (κ2) is 6.92. The number of halogens is 3. The summed E-state index contributed by atoms with van der Waals surface area (Å²) in [6.07, 6.45) is -4.72. The van der Waals surface area contributed by atoms with Crippen LogP contribution in [0.25, 0.3) is 0 Å². The minimum Gasteiger partial charge on any atom is -0.486 e. The maximum absolute atomic E-state index is 12.1. The van der Waals surface area contributed by atoms with Crippen LogP contribution in [0.1, 0.15) is 5.56 Å². The molecule has 0 spiro atoms. The van der Waals surface area contributed by atoms with Crippen LogP contribution in [0.4, 0.5) is 18.9 Å². The van der Waals surface area contributed by atoms with Gasteiger partial charge in [-0.15, -0.1) is 13.2 Å². The van der Waals surface area contributed by atoms with Crippen LogP contribution in [0.2, 0.25) is 0 Å². The molecule has 0 aliphatic carbocycles. The molecule has 1 heterocycles. The van der Waals surface area contributed by atoms with Crippen LogP contribution in [0.3, 0.4) is 0 Å². The fourth-order valence-electron chi connectivity index (χ4n) is 2.32. The van der Waals surface area contributed by atoms with E-state index in [4.69, 9.17) is 9.47 Å². The molecule has 1 amide bonds. The largest absolute Gasteiger partial charge is 0.573 e. The van der Waals surface area contributed by atoms with Gasteiger partial charge in [-0.2, -0.15) is 0 Å². The van der Waals surface area contributed by atoms with Gasteiger partial charge in [0.2, 0.25) is 5.91 Å². The molecular weight excluding hydrogens is 339 g/mol. The minimum atomic E-state index is -4.74. The molecule has 0 fully saturated rings. The van der Waals surface area contributed by atoms with Gasteiger partial charge in [0.05, 0.1) is 6.42 Å². The van der Waals surface area contributed by atoms with Crippen molar-refractivity contribution in [3.8, 4) is 17.2 Å². The highest BCUT2D eigenvalue weighted by Gasteiger charge is 2.30. The maximum Gasteiger partial charge on any atom is 0.573 e. The van der Waals surface area contributed by atoms with Gasteiger partial charge in [-0.1, -0.05) is 12.1 Å². The van der Waals surface area contributed by atoms with E-state index in [2.05, 4.69) is 10.1 Å². The van der Waals surface area contributed by atoms with Gasteiger partial charge in [-0.25, -0.2) is 0 Å². The quantitative estimate of drug-likeness (QED) is 0.914. The first kappa shape index (κ1) is 16.9. The van der Waals surface area contributed by atoms with Gasteiger partial charge in [-0.3, -0.25) is 4.79 Å². The molecular formula is C17H14F3NO4. The highest BCUT2D eigenvalue weighted by atomic mass is 19.4. The predicted octanol–water partition coefficient (Wildman–Crippen LogP) is 3.54. The van der Waals surface area contributed by atoms with E-state index in [0.717, 1.165) is 0 Å². The molecule has 0 unspecified atom stereocenters. The molecule has 1 N–H and O–H groups in total. The second-order valence-corrected chi connectivity index (χ2v) is 5.28. The summed E-state index contributed by atoms with van der Waals surface area (Å²) >= 11 is 0. The lowest BCUT2D eigenvalue weighted by Gasteiger charge is -2.19. The molecule has 8 heteroatoms. The average Bonchev–Trinajstić information content (AvgIpc) is 2.55. The Morgan fingerprint density at radius 2 is 1.72 bits per heavy atom. The number of hydrogen-bond donors (Lipinski definition) is 1.